The van der Waals surface area contributed by atoms with Gasteiger partial charge in [0, 0.05) is 21.0 Å². The maximum Gasteiger partial charge on any atom is 0.341 e. The third-order valence-corrected chi connectivity index (χ3v) is 4.71. The molecule has 0 aliphatic heterocycles. The van der Waals surface area contributed by atoms with Gasteiger partial charge in [-0.3, -0.25) is 4.79 Å². The van der Waals surface area contributed by atoms with Crippen molar-refractivity contribution in [2.75, 3.05) is 13.2 Å². The third kappa shape index (κ3) is 4.98. The van der Waals surface area contributed by atoms with Crippen LogP contribution < -0.4 is 4.74 Å². The molecule has 0 bridgehead atoms. The molecule has 0 amide bonds. The summed E-state index contributed by atoms with van der Waals surface area (Å²) < 4.78 is 22.7. The van der Waals surface area contributed by atoms with Crippen molar-refractivity contribution in [3.63, 3.8) is 0 Å². The van der Waals surface area contributed by atoms with E-state index in [0.717, 1.165) is 21.0 Å². The minimum atomic E-state index is -0.506. The summed E-state index contributed by atoms with van der Waals surface area (Å²) in [7, 11) is 0. The monoisotopic (exact) mass is 460 g/mol. The van der Waals surface area contributed by atoms with Gasteiger partial charge in [-0.2, -0.15) is 0 Å². The molecule has 0 aliphatic carbocycles. The minimum absolute atomic E-state index is 0.00585. The van der Waals surface area contributed by atoms with Crippen molar-refractivity contribution in [2.45, 2.75) is 26.9 Å². The third-order valence-electron chi connectivity index (χ3n) is 4.22. The second kappa shape index (κ2) is 9.60. The molecule has 2 aromatic carbocycles. The number of fused-ring (bicyclic) bond motifs is 1. The fraction of sp³-hybridized carbons (Fsp3) is 0.273. The van der Waals surface area contributed by atoms with E-state index >= 15 is 0 Å². The first kappa shape index (κ1) is 20.9. The number of carbonyl (C=O) groups is 2. The number of esters is 2. The summed E-state index contributed by atoms with van der Waals surface area (Å²) in [5.41, 5.74) is 2.38. The molecule has 1 aromatic heterocycles. The number of hydrogen-bond donors (Lipinski definition) is 0. The summed E-state index contributed by atoms with van der Waals surface area (Å²) in [4.78, 5) is 24.4. The van der Waals surface area contributed by atoms with E-state index in [4.69, 9.17) is 18.6 Å². The highest BCUT2D eigenvalue weighted by Crippen LogP contribution is 2.30. The van der Waals surface area contributed by atoms with Gasteiger partial charge in [0.05, 0.1) is 25.9 Å². The SMILES string of the molecule is CCOC(=O)Cc1cccc(C(=O)OCC)c1OCc1coc2ccc(Br)cc12. The topological polar surface area (TPSA) is 75.0 Å². The number of hydrogen-bond acceptors (Lipinski definition) is 6. The quantitative estimate of drug-likeness (QED) is 0.437. The Morgan fingerprint density at radius 2 is 1.83 bits per heavy atom. The number of carbonyl (C=O) groups excluding carboxylic acids is 2. The molecule has 0 saturated carbocycles. The standard InChI is InChI=1S/C22H21BrO6/c1-3-26-20(24)10-14-6-5-7-17(22(25)27-4-2)21(14)29-13-15-12-28-19-9-8-16(23)11-18(15)19/h5-9,11-12H,3-4,10,13H2,1-2H3. The van der Waals surface area contributed by atoms with E-state index in [-0.39, 0.29) is 31.8 Å². The van der Waals surface area contributed by atoms with Crippen molar-refractivity contribution in [3.05, 3.63) is 63.8 Å². The van der Waals surface area contributed by atoms with Crippen LogP contribution in [0.4, 0.5) is 0 Å². The molecule has 0 saturated heterocycles. The molecule has 1 heterocycles. The van der Waals surface area contributed by atoms with Crippen LogP contribution >= 0.6 is 15.9 Å². The van der Waals surface area contributed by atoms with Gasteiger partial charge in [0.2, 0.25) is 0 Å². The molecule has 0 radical (unpaired) electrons. The van der Waals surface area contributed by atoms with Crippen molar-refractivity contribution in [2.24, 2.45) is 0 Å². The predicted molar refractivity (Wildman–Crippen MR) is 111 cm³/mol. The normalized spacial score (nSPS) is 10.7. The van der Waals surface area contributed by atoms with Gasteiger partial charge in [-0.1, -0.05) is 28.1 Å². The lowest BCUT2D eigenvalue weighted by Crippen LogP contribution is -2.13. The Kier molecular flexibility index (Phi) is 6.93. The van der Waals surface area contributed by atoms with E-state index in [2.05, 4.69) is 15.9 Å². The summed E-state index contributed by atoms with van der Waals surface area (Å²) in [5.74, 6) is -0.590. The van der Waals surface area contributed by atoms with Gasteiger partial charge in [0.25, 0.3) is 0 Å². The zero-order valence-corrected chi connectivity index (χ0v) is 17.8. The second-order valence-corrected chi connectivity index (χ2v) is 7.10. The molecule has 3 aromatic rings. The number of benzene rings is 2. The van der Waals surface area contributed by atoms with Gasteiger partial charge in [-0.25, -0.2) is 4.79 Å². The average molecular weight is 461 g/mol. The first-order valence-electron chi connectivity index (χ1n) is 9.26. The van der Waals surface area contributed by atoms with Crippen LogP contribution in [0.1, 0.15) is 35.3 Å². The molecular formula is C22H21BrO6. The van der Waals surface area contributed by atoms with Gasteiger partial charge < -0.3 is 18.6 Å². The van der Waals surface area contributed by atoms with Crippen molar-refractivity contribution in [1.29, 1.82) is 0 Å². The first-order valence-corrected chi connectivity index (χ1v) is 10.1. The molecule has 0 spiro atoms. The highest BCUT2D eigenvalue weighted by Gasteiger charge is 2.20. The fourth-order valence-corrected chi connectivity index (χ4v) is 3.31. The summed E-state index contributed by atoms with van der Waals surface area (Å²) in [5, 5.41) is 0.903. The molecule has 29 heavy (non-hydrogen) atoms. The van der Waals surface area contributed by atoms with E-state index < -0.39 is 11.9 Å². The van der Waals surface area contributed by atoms with Gasteiger partial charge in [0.15, 0.2) is 0 Å². The fourth-order valence-electron chi connectivity index (χ4n) is 2.95. The van der Waals surface area contributed by atoms with Crippen molar-refractivity contribution in [1.82, 2.24) is 0 Å². The number of ether oxygens (including phenoxy) is 3. The zero-order valence-electron chi connectivity index (χ0n) is 16.2. The number of rotatable bonds is 8. The van der Waals surface area contributed by atoms with Crippen LogP contribution in [0.5, 0.6) is 5.75 Å². The van der Waals surface area contributed by atoms with Crippen LogP contribution in [0.15, 0.2) is 51.6 Å². The Labute approximate surface area is 176 Å². The van der Waals surface area contributed by atoms with Gasteiger partial charge >= 0.3 is 11.9 Å². The van der Waals surface area contributed by atoms with E-state index in [9.17, 15) is 9.59 Å². The minimum Gasteiger partial charge on any atom is -0.488 e. The van der Waals surface area contributed by atoms with E-state index in [0.29, 0.717) is 11.3 Å². The highest BCUT2D eigenvalue weighted by atomic mass is 79.9. The van der Waals surface area contributed by atoms with E-state index in [1.165, 1.54) is 0 Å². The van der Waals surface area contributed by atoms with Gasteiger partial charge in [-0.15, -0.1) is 0 Å². The summed E-state index contributed by atoms with van der Waals surface area (Å²) >= 11 is 3.45. The van der Waals surface area contributed by atoms with Crippen LogP contribution in [0.25, 0.3) is 11.0 Å². The molecule has 0 atom stereocenters. The second-order valence-electron chi connectivity index (χ2n) is 6.19. The van der Waals surface area contributed by atoms with Crippen LogP contribution in [0.2, 0.25) is 0 Å². The van der Waals surface area contributed by atoms with Crippen LogP contribution in [0, 0.1) is 0 Å². The number of para-hydroxylation sites is 1. The molecule has 7 heteroatoms. The lowest BCUT2D eigenvalue weighted by atomic mass is 10.1. The first-order chi connectivity index (χ1) is 14.0. The number of halogens is 1. The molecule has 0 aliphatic rings. The zero-order chi connectivity index (χ0) is 20.8. The van der Waals surface area contributed by atoms with Crippen LogP contribution in [0.3, 0.4) is 0 Å². The molecule has 6 nitrogen and oxygen atoms in total. The van der Waals surface area contributed by atoms with Crippen LogP contribution in [-0.2, 0) is 27.3 Å². The van der Waals surface area contributed by atoms with Crippen LogP contribution in [-0.4, -0.2) is 25.2 Å². The maximum absolute atomic E-state index is 12.4. The lowest BCUT2D eigenvalue weighted by molar-refractivity contribution is -0.142. The Balaban J connectivity index is 1.92. The predicted octanol–water partition coefficient (Wildman–Crippen LogP) is 5.06. The van der Waals surface area contributed by atoms with E-state index in [1.807, 2.05) is 18.2 Å². The Hall–Kier alpha value is -2.80. The molecule has 0 N–H and O–H groups in total. The lowest BCUT2D eigenvalue weighted by Gasteiger charge is -2.15. The van der Waals surface area contributed by atoms with Crippen molar-refractivity contribution < 1.29 is 28.2 Å². The summed E-state index contributed by atoms with van der Waals surface area (Å²) in [6.45, 7) is 4.15. The Morgan fingerprint density at radius 1 is 1.03 bits per heavy atom. The van der Waals surface area contributed by atoms with Crippen molar-refractivity contribution in [3.8, 4) is 5.75 Å². The molecule has 0 fully saturated rings. The smallest absolute Gasteiger partial charge is 0.341 e. The van der Waals surface area contributed by atoms with Gasteiger partial charge in [-0.05, 0) is 38.1 Å². The maximum atomic E-state index is 12.4. The average Bonchev–Trinajstić information content (AvgIpc) is 3.09. The van der Waals surface area contributed by atoms with E-state index in [1.54, 1.807) is 38.3 Å². The molecule has 0 unspecified atom stereocenters. The molecular weight excluding hydrogens is 440 g/mol. The highest BCUT2D eigenvalue weighted by molar-refractivity contribution is 9.10. The molecule has 3 rings (SSSR count). The number of furan rings is 1. The molecule has 152 valence electrons. The summed E-state index contributed by atoms with van der Waals surface area (Å²) in [6.07, 6.45) is 1.61. The Morgan fingerprint density at radius 3 is 2.59 bits per heavy atom. The summed E-state index contributed by atoms with van der Waals surface area (Å²) in [6, 6.07) is 10.7. The van der Waals surface area contributed by atoms with Crippen molar-refractivity contribution >= 4 is 38.8 Å². The largest absolute Gasteiger partial charge is 0.488 e. The van der Waals surface area contributed by atoms with Gasteiger partial charge in [0.1, 0.15) is 23.5 Å². The Bertz CT molecular complexity index is 1020.